The summed E-state index contributed by atoms with van der Waals surface area (Å²) in [6.45, 7) is 4.62. The Balaban J connectivity index is 1.40. The second-order valence-corrected chi connectivity index (χ2v) is 11.0. The number of benzene rings is 1. The van der Waals surface area contributed by atoms with Gasteiger partial charge in [-0.15, -0.1) is 0 Å². The molecule has 1 aromatic rings. The summed E-state index contributed by atoms with van der Waals surface area (Å²) in [4.78, 5) is 11.9. The van der Waals surface area contributed by atoms with E-state index in [2.05, 4.69) is 38.1 Å². The van der Waals surface area contributed by atoms with Gasteiger partial charge in [0.1, 0.15) is 6.29 Å². The Morgan fingerprint density at radius 3 is 2.10 bits per heavy atom. The molecule has 0 heterocycles. The first kappa shape index (κ1) is 24.5. The molecule has 0 saturated heterocycles. The third kappa shape index (κ3) is 7.47. The Morgan fingerprint density at radius 2 is 1.48 bits per heavy atom. The van der Waals surface area contributed by atoms with Gasteiger partial charge in [0.05, 0.1) is 0 Å². The molecule has 2 aliphatic rings. The molecule has 0 aliphatic heterocycles. The maximum Gasteiger partial charge on any atom is 0.126 e. The number of aryl methyl sites for hydroxylation is 1. The lowest BCUT2D eigenvalue weighted by Gasteiger charge is -2.36. The van der Waals surface area contributed by atoms with E-state index in [1.54, 1.807) is 0 Å². The maximum atomic E-state index is 11.9. The van der Waals surface area contributed by atoms with E-state index < -0.39 is 0 Å². The molecule has 0 aromatic heterocycles. The van der Waals surface area contributed by atoms with E-state index in [-0.39, 0.29) is 5.41 Å². The number of hydrogen-bond donors (Lipinski definition) is 0. The molecule has 1 heteroatoms. The van der Waals surface area contributed by atoms with Crippen molar-refractivity contribution in [3.05, 3.63) is 35.4 Å². The maximum absolute atomic E-state index is 11.9. The fourth-order valence-corrected chi connectivity index (χ4v) is 6.29. The van der Waals surface area contributed by atoms with Crippen LogP contribution in [0, 0.1) is 17.3 Å². The SMILES string of the molecule is CCCCCCCC1(C=O)CCC(c2ccc(CC[C@H]3CC[C@H](CC)CC3)cc2)CC1. The summed E-state index contributed by atoms with van der Waals surface area (Å²) in [5.74, 6) is 2.62. The third-order valence-corrected chi connectivity index (χ3v) is 8.85. The zero-order chi connectivity index (χ0) is 21.9. The minimum Gasteiger partial charge on any atom is -0.303 e. The first-order chi connectivity index (χ1) is 15.2. The van der Waals surface area contributed by atoms with Gasteiger partial charge in [-0.1, -0.05) is 102 Å². The average Bonchev–Trinajstić information content (AvgIpc) is 2.84. The lowest BCUT2D eigenvalue weighted by atomic mass is 9.67. The second-order valence-electron chi connectivity index (χ2n) is 11.0. The molecule has 2 saturated carbocycles. The number of unbranched alkanes of at least 4 members (excludes halogenated alkanes) is 4. The van der Waals surface area contributed by atoms with E-state index in [1.807, 2.05) is 0 Å². The molecule has 3 rings (SSSR count). The highest BCUT2D eigenvalue weighted by Gasteiger charge is 2.35. The van der Waals surface area contributed by atoms with Crippen molar-refractivity contribution < 1.29 is 4.79 Å². The van der Waals surface area contributed by atoms with Gasteiger partial charge in [0.25, 0.3) is 0 Å². The number of hydrogen-bond acceptors (Lipinski definition) is 1. The molecule has 1 aromatic carbocycles. The van der Waals surface area contributed by atoms with Crippen LogP contribution >= 0.6 is 0 Å². The molecule has 0 amide bonds. The van der Waals surface area contributed by atoms with E-state index in [1.165, 1.54) is 107 Å². The van der Waals surface area contributed by atoms with E-state index in [0.29, 0.717) is 5.92 Å². The summed E-state index contributed by atoms with van der Waals surface area (Å²) < 4.78 is 0. The van der Waals surface area contributed by atoms with Gasteiger partial charge in [0.15, 0.2) is 0 Å². The van der Waals surface area contributed by atoms with Crippen molar-refractivity contribution in [3.8, 4) is 0 Å². The molecule has 1 nitrogen and oxygen atoms in total. The smallest absolute Gasteiger partial charge is 0.126 e. The van der Waals surface area contributed by atoms with Crippen molar-refractivity contribution in [2.45, 2.75) is 129 Å². The fourth-order valence-electron chi connectivity index (χ4n) is 6.29. The van der Waals surface area contributed by atoms with Crippen LogP contribution in [0.2, 0.25) is 0 Å². The Kier molecular flexibility index (Phi) is 10.1. The summed E-state index contributed by atoms with van der Waals surface area (Å²) in [5, 5.41) is 0. The fraction of sp³-hybridized carbons (Fsp3) is 0.767. The van der Waals surface area contributed by atoms with E-state index in [9.17, 15) is 4.79 Å². The molecular weight excluding hydrogens is 376 g/mol. The van der Waals surface area contributed by atoms with Crippen LogP contribution in [0.5, 0.6) is 0 Å². The summed E-state index contributed by atoms with van der Waals surface area (Å²) in [6, 6.07) is 9.57. The first-order valence-electron chi connectivity index (χ1n) is 13.7. The Bertz CT molecular complexity index is 614. The molecule has 174 valence electrons. The number of carbonyl (C=O) groups excluding carboxylic acids is 1. The minimum atomic E-state index is -0.0144. The Labute approximate surface area is 192 Å². The van der Waals surface area contributed by atoms with Crippen LogP contribution < -0.4 is 0 Å². The van der Waals surface area contributed by atoms with Gasteiger partial charge < -0.3 is 4.79 Å². The highest BCUT2D eigenvalue weighted by Crippen LogP contribution is 2.45. The normalized spacial score (nSPS) is 29.0. The first-order valence-corrected chi connectivity index (χ1v) is 13.7. The summed E-state index contributed by atoms with van der Waals surface area (Å²) in [5.41, 5.74) is 3.01. The predicted molar refractivity (Wildman–Crippen MR) is 134 cm³/mol. The molecule has 0 radical (unpaired) electrons. The lowest BCUT2D eigenvalue weighted by molar-refractivity contribution is -0.118. The molecule has 0 bridgehead atoms. The topological polar surface area (TPSA) is 17.1 Å². The van der Waals surface area contributed by atoms with Gasteiger partial charge in [-0.05, 0) is 73.8 Å². The Hall–Kier alpha value is -1.11. The van der Waals surface area contributed by atoms with Gasteiger partial charge in [0.2, 0.25) is 0 Å². The van der Waals surface area contributed by atoms with E-state index >= 15 is 0 Å². The molecule has 0 atom stereocenters. The summed E-state index contributed by atoms with van der Waals surface area (Å²) in [6.07, 6.45) is 23.3. The van der Waals surface area contributed by atoms with Crippen LogP contribution in [0.4, 0.5) is 0 Å². The molecule has 2 fully saturated rings. The zero-order valence-corrected chi connectivity index (χ0v) is 20.5. The minimum absolute atomic E-state index is 0.0144. The van der Waals surface area contributed by atoms with Crippen LogP contribution in [0.1, 0.15) is 134 Å². The highest BCUT2D eigenvalue weighted by molar-refractivity contribution is 5.59. The quantitative estimate of drug-likeness (QED) is 0.241. The second kappa shape index (κ2) is 12.8. The molecule has 0 unspecified atom stereocenters. The van der Waals surface area contributed by atoms with Crippen LogP contribution in [0.15, 0.2) is 24.3 Å². The van der Waals surface area contributed by atoms with Gasteiger partial charge in [0, 0.05) is 5.41 Å². The van der Waals surface area contributed by atoms with Gasteiger partial charge in [-0.2, -0.15) is 0 Å². The van der Waals surface area contributed by atoms with Crippen LogP contribution in [0.3, 0.4) is 0 Å². The standard InChI is InChI=1S/C30H48O/c1-3-5-6-7-8-21-30(24-31)22-19-29(20-23-30)28-17-15-27(16-18-28)14-13-26-11-9-25(4-2)10-12-26/h15-18,24-26,29H,3-14,19-23H2,1-2H3/t25-,26-,29?,30?. The van der Waals surface area contributed by atoms with Gasteiger partial charge >= 0.3 is 0 Å². The van der Waals surface area contributed by atoms with Crippen molar-refractivity contribution in [1.82, 2.24) is 0 Å². The Morgan fingerprint density at radius 1 is 0.839 bits per heavy atom. The number of aldehydes is 1. The summed E-state index contributed by atoms with van der Waals surface area (Å²) in [7, 11) is 0. The monoisotopic (exact) mass is 424 g/mol. The van der Waals surface area contributed by atoms with E-state index in [0.717, 1.165) is 31.1 Å². The van der Waals surface area contributed by atoms with Crippen molar-refractivity contribution in [3.63, 3.8) is 0 Å². The summed E-state index contributed by atoms with van der Waals surface area (Å²) >= 11 is 0. The van der Waals surface area contributed by atoms with Gasteiger partial charge in [-0.25, -0.2) is 0 Å². The molecule has 0 N–H and O–H groups in total. The van der Waals surface area contributed by atoms with Crippen molar-refractivity contribution in [2.75, 3.05) is 0 Å². The number of rotatable bonds is 12. The molecule has 31 heavy (non-hydrogen) atoms. The van der Waals surface area contributed by atoms with Crippen molar-refractivity contribution in [1.29, 1.82) is 0 Å². The van der Waals surface area contributed by atoms with Crippen LogP contribution in [0.25, 0.3) is 0 Å². The number of carbonyl (C=O) groups is 1. The largest absolute Gasteiger partial charge is 0.303 e. The van der Waals surface area contributed by atoms with Crippen molar-refractivity contribution in [2.24, 2.45) is 17.3 Å². The predicted octanol–water partition coefficient (Wildman–Crippen LogP) is 9.04. The average molecular weight is 425 g/mol. The van der Waals surface area contributed by atoms with E-state index in [4.69, 9.17) is 0 Å². The third-order valence-electron chi connectivity index (χ3n) is 8.85. The molecule has 2 aliphatic carbocycles. The molecular formula is C30H48O. The highest BCUT2D eigenvalue weighted by atomic mass is 16.1. The zero-order valence-electron chi connectivity index (χ0n) is 20.5. The lowest BCUT2D eigenvalue weighted by Crippen LogP contribution is -2.28. The van der Waals surface area contributed by atoms with Crippen molar-refractivity contribution >= 4 is 6.29 Å². The van der Waals surface area contributed by atoms with Crippen LogP contribution in [-0.4, -0.2) is 6.29 Å². The van der Waals surface area contributed by atoms with Crippen LogP contribution in [-0.2, 0) is 11.2 Å². The molecule has 0 spiro atoms. The van der Waals surface area contributed by atoms with Gasteiger partial charge in [-0.3, -0.25) is 0 Å².